The Morgan fingerprint density at radius 2 is 1.91 bits per heavy atom. The number of nitrogens with zero attached hydrogens (tertiary/aromatic N) is 3. The van der Waals surface area contributed by atoms with Crippen LogP contribution in [0.3, 0.4) is 0 Å². The minimum atomic E-state index is -4.56. The van der Waals surface area contributed by atoms with Gasteiger partial charge in [-0.1, -0.05) is 11.6 Å². The van der Waals surface area contributed by atoms with E-state index in [1.165, 1.54) is 12.1 Å². The molecule has 2 aromatic heterocycles. The van der Waals surface area contributed by atoms with Crippen LogP contribution in [0, 0.1) is 13.8 Å². The highest BCUT2D eigenvalue weighted by Crippen LogP contribution is 2.35. The lowest BCUT2D eigenvalue weighted by Gasteiger charge is -2.31. The molecule has 0 bridgehead atoms. The summed E-state index contributed by atoms with van der Waals surface area (Å²) in [7, 11) is 1.79. The molecule has 176 valence electrons. The van der Waals surface area contributed by atoms with E-state index in [-0.39, 0.29) is 23.5 Å². The number of amides is 1. The van der Waals surface area contributed by atoms with Crippen molar-refractivity contribution in [3.63, 3.8) is 0 Å². The smallest absolute Gasteiger partial charge is 0.382 e. The number of aromatic nitrogens is 3. The van der Waals surface area contributed by atoms with Crippen LogP contribution in [0.15, 0.2) is 24.3 Å². The molecule has 4 rings (SSSR count). The molecule has 0 saturated heterocycles. The van der Waals surface area contributed by atoms with Crippen LogP contribution >= 0.6 is 11.6 Å². The predicted molar refractivity (Wildman–Crippen MR) is 122 cm³/mol. The Kier molecular flexibility index (Phi) is 6.26. The van der Waals surface area contributed by atoms with Gasteiger partial charge in [0.15, 0.2) is 0 Å². The van der Waals surface area contributed by atoms with Gasteiger partial charge in [-0.3, -0.25) is 9.48 Å². The molecular weight excluding hydrogens is 455 g/mol. The van der Waals surface area contributed by atoms with Crippen molar-refractivity contribution >= 4 is 34.1 Å². The first-order valence-electron chi connectivity index (χ1n) is 10.8. The molecule has 1 amide bonds. The van der Waals surface area contributed by atoms with Gasteiger partial charge in [-0.15, -0.1) is 0 Å². The summed E-state index contributed by atoms with van der Waals surface area (Å²) in [5.74, 6) is -0.177. The summed E-state index contributed by atoms with van der Waals surface area (Å²) in [6.07, 6.45) is -1.55. The van der Waals surface area contributed by atoms with Crippen LogP contribution in [0.1, 0.15) is 53.1 Å². The van der Waals surface area contributed by atoms with Crippen molar-refractivity contribution in [1.29, 1.82) is 0 Å². The number of pyridine rings is 1. The zero-order chi connectivity index (χ0) is 23.9. The standard InChI is InChI=1S/C23H25ClF3N5O/c1-12-21(13(2)32(3)31-12)22(33)29-16-6-4-5-15(10-16)28-19-11-20(23(25,26)27)30-18-8-7-14(24)9-17(18)19/h7-9,11,15-16H,4-6,10H2,1-3H3,(H,28,30)(H,29,33)/t15-,16+/m0/s1. The maximum Gasteiger partial charge on any atom is 0.433 e. The van der Waals surface area contributed by atoms with Gasteiger partial charge in [0.05, 0.1) is 16.8 Å². The van der Waals surface area contributed by atoms with Gasteiger partial charge in [0.1, 0.15) is 5.69 Å². The fourth-order valence-electron chi connectivity index (χ4n) is 4.49. The molecule has 0 radical (unpaired) electrons. The first-order valence-corrected chi connectivity index (χ1v) is 11.2. The van der Waals surface area contributed by atoms with Crippen LogP contribution in [0.25, 0.3) is 10.9 Å². The zero-order valence-corrected chi connectivity index (χ0v) is 19.3. The lowest BCUT2D eigenvalue weighted by Crippen LogP contribution is -2.42. The highest BCUT2D eigenvalue weighted by molar-refractivity contribution is 6.31. The minimum absolute atomic E-state index is 0.0958. The number of halogens is 4. The van der Waals surface area contributed by atoms with Crippen molar-refractivity contribution in [1.82, 2.24) is 20.1 Å². The van der Waals surface area contributed by atoms with Gasteiger partial charge in [-0.05, 0) is 63.8 Å². The number of carbonyl (C=O) groups is 1. The lowest BCUT2D eigenvalue weighted by molar-refractivity contribution is -0.140. The molecule has 1 saturated carbocycles. The van der Waals surface area contributed by atoms with Gasteiger partial charge < -0.3 is 10.6 Å². The average Bonchev–Trinajstić information content (AvgIpc) is 2.99. The Labute approximate surface area is 194 Å². The molecule has 3 aromatic rings. The molecule has 1 fully saturated rings. The predicted octanol–water partition coefficient (Wildman–Crippen LogP) is 5.41. The van der Waals surface area contributed by atoms with Crippen LogP contribution in [0.2, 0.25) is 5.02 Å². The number of alkyl halides is 3. The summed E-state index contributed by atoms with van der Waals surface area (Å²) in [4.78, 5) is 16.6. The molecule has 0 aliphatic heterocycles. The Morgan fingerprint density at radius 1 is 1.18 bits per heavy atom. The van der Waals surface area contributed by atoms with Crippen LogP contribution in [-0.4, -0.2) is 32.8 Å². The van der Waals surface area contributed by atoms with Crippen molar-refractivity contribution in [3.05, 3.63) is 51.9 Å². The molecule has 10 heteroatoms. The monoisotopic (exact) mass is 479 g/mol. The summed E-state index contributed by atoms with van der Waals surface area (Å²) >= 11 is 6.10. The average molecular weight is 480 g/mol. The van der Waals surface area contributed by atoms with Gasteiger partial charge >= 0.3 is 6.18 Å². The van der Waals surface area contributed by atoms with E-state index < -0.39 is 11.9 Å². The third-order valence-corrected chi connectivity index (χ3v) is 6.40. The van der Waals surface area contributed by atoms with Gasteiger partial charge in [0.25, 0.3) is 5.91 Å². The van der Waals surface area contributed by atoms with E-state index in [9.17, 15) is 18.0 Å². The highest BCUT2D eigenvalue weighted by atomic mass is 35.5. The fourth-order valence-corrected chi connectivity index (χ4v) is 4.67. The van der Waals surface area contributed by atoms with Crippen LogP contribution in [0.5, 0.6) is 0 Å². The second kappa shape index (κ2) is 8.85. The van der Waals surface area contributed by atoms with Gasteiger partial charge in [-0.2, -0.15) is 18.3 Å². The van der Waals surface area contributed by atoms with E-state index in [0.717, 1.165) is 31.0 Å². The first-order chi connectivity index (χ1) is 15.5. The van der Waals surface area contributed by atoms with Crippen molar-refractivity contribution in [3.8, 4) is 0 Å². The van der Waals surface area contributed by atoms with E-state index in [2.05, 4.69) is 20.7 Å². The van der Waals surface area contributed by atoms with E-state index in [1.54, 1.807) is 24.7 Å². The van der Waals surface area contributed by atoms with Gasteiger partial charge in [0.2, 0.25) is 0 Å². The largest absolute Gasteiger partial charge is 0.433 e. The Morgan fingerprint density at radius 3 is 2.58 bits per heavy atom. The molecule has 2 atom stereocenters. The van der Waals surface area contributed by atoms with Crippen molar-refractivity contribution in [2.45, 2.75) is 57.8 Å². The molecule has 1 aliphatic carbocycles. The summed E-state index contributed by atoms with van der Waals surface area (Å²) in [6.45, 7) is 3.64. The Hall–Kier alpha value is -2.81. The molecule has 1 aromatic carbocycles. The molecule has 6 nitrogen and oxygen atoms in total. The topological polar surface area (TPSA) is 71.8 Å². The number of nitrogens with one attached hydrogen (secondary N) is 2. The number of benzene rings is 1. The fraction of sp³-hybridized carbons (Fsp3) is 0.435. The molecule has 0 unspecified atom stereocenters. The number of anilines is 1. The van der Waals surface area contributed by atoms with E-state index in [4.69, 9.17) is 11.6 Å². The SMILES string of the molecule is Cc1nn(C)c(C)c1C(=O)N[C@@H]1CCC[C@H](Nc2cc(C(F)(F)F)nc3ccc(Cl)cc23)C1. The number of fused-ring (bicyclic) bond motifs is 1. The number of hydrogen-bond acceptors (Lipinski definition) is 4. The van der Waals surface area contributed by atoms with Gasteiger partial charge in [0, 0.05) is 40.9 Å². The number of aryl methyl sites for hydroxylation is 2. The van der Waals surface area contributed by atoms with Crippen molar-refractivity contribution < 1.29 is 18.0 Å². The van der Waals surface area contributed by atoms with E-state index in [0.29, 0.717) is 33.8 Å². The summed E-state index contributed by atoms with van der Waals surface area (Å²) in [5, 5.41) is 11.6. The minimum Gasteiger partial charge on any atom is -0.382 e. The van der Waals surface area contributed by atoms with Crippen LogP contribution in [-0.2, 0) is 13.2 Å². The summed E-state index contributed by atoms with van der Waals surface area (Å²) in [5.41, 5.74) is 1.62. The summed E-state index contributed by atoms with van der Waals surface area (Å²) < 4.78 is 41.9. The second-order valence-corrected chi connectivity index (χ2v) is 9.00. The maximum atomic E-state index is 13.4. The maximum absolute atomic E-state index is 13.4. The number of hydrogen-bond donors (Lipinski definition) is 2. The van der Waals surface area contributed by atoms with Gasteiger partial charge in [-0.25, -0.2) is 4.98 Å². The second-order valence-electron chi connectivity index (χ2n) is 8.56. The zero-order valence-electron chi connectivity index (χ0n) is 18.6. The molecular formula is C23H25ClF3N5O. The third-order valence-electron chi connectivity index (χ3n) is 6.17. The first kappa shape index (κ1) is 23.4. The van der Waals surface area contributed by atoms with Crippen molar-refractivity contribution in [2.75, 3.05) is 5.32 Å². The van der Waals surface area contributed by atoms with Crippen molar-refractivity contribution in [2.24, 2.45) is 7.05 Å². The van der Waals surface area contributed by atoms with E-state index >= 15 is 0 Å². The highest BCUT2D eigenvalue weighted by Gasteiger charge is 2.34. The molecule has 0 spiro atoms. The quantitative estimate of drug-likeness (QED) is 0.525. The number of rotatable bonds is 4. The molecule has 2 heterocycles. The van der Waals surface area contributed by atoms with Crippen LogP contribution < -0.4 is 10.6 Å². The Bertz CT molecular complexity index is 1210. The van der Waals surface area contributed by atoms with Crippen LogP contribution in [0.4, 0.5) is 18.9 Å². The summed E-state index contributed by atoms with van der Waals surface area (Å²) in [6, 6.07) is 5.45. The normalized spacial score (nSPS) is 19.0. The molecule has 2 N–H and O–H groups in total. The lowest BCUT2D eigenvalue weighted by atomic mass is 9.90. The molecule has 1 aliphatic rings. The number of carbonyl (C=O) groups excluding carboxylic acids is 1. The third kappa shape index (κ3) is 4.93. The molecule has 33 heavy (non-hydrogen) atoms. The van der Waals surface area contributed by atoms with E-state index in [1.807, 2.05) is 6.92 Å². The Balaban J connectivity index is 1.55.